The molecule has 0 radical (unpaired) electrons. The fraction of sp³-hybridized carbons (Fsp3) is 0.667. The Morgan fingerprint density at radius 2 is 2.14 bits per heavy atom. The molecule has 0 atom stereocenters. The minimum atomic E-state index is 0. The van der Waals surface area contributed by atoms with Crippen LogP contribution in [0, 0.1) is 0 Å². The van der Waals surface area contributed by atoms with Gasteiger partial charge >= 0.3 is 0 Å². The third-order valence-corrected chi connectivity index (χ3v) is 0.762. The summed E-state index contributed by atoms with van der Waals surface area (Å²) in [6.45, 7) is 5.78. The number of hydrogen-bond acceptors (Lipinski definition) is 0. The Bertz CT molecular complexity index is 33.2. The van der Waals surface area contributed by atoms with Gasteiger partial charge in [0.05, 0.1) is 0 Å². The van der Waals surface area contributed by atoms with Crippen LogP contribution in [-0.4, -0.2) is 0 Å². The molecule has 0 rings (SSSR count). The Hall–Kier alpha value is 0.363. The Labute approximate surface area is 58.8 Å². The summed E-state index contributed by atoms with van der Waals surface area (Å²) in [4.78, 5) is 0. The van der Waals surface area contributed by atoms with Gasteiger partial charge in [0.15, 0.2) is 0 Å². The monoisotopic (exact) mass is 148 g/mol. The van der Waals surface area contributed by atoms with E-state index in [1.54, 1.807) is 0 Å². The largest absolute Gasteiger partial charge is 0.103 e. The summed E-state index contributed by atoms with van der Waals surface area (Å²) < 4.78 is 0. The summed E-state index contributed by atoms with van der Waals surface area (Å²) in [5.74, 6) is 0. The van der Waals surface area contributed by atoms with E-state index >= 15 is 0 Å². The first kappa shape index (κ1) is 10.4. The van der Waals surface area contributed by atoms with E-state index < -0.39 is 0 Å². The normalized spacial score (nSPS) is 7.00. The molecular weight excluding hydrogens is 137 g/mol. The topological polar surface area (TPSA) is 0 Å². The molecule has 0 aliphatic rings. The molecule has 1 heteroatoms. The molecule has 0 unspecified atom stereocenters. The van der Waals surface area contributed by atoms with Gasteiger partial charge in [-0.3, -0.25) is 0 Å². The first-order valence-electron chi connectivity index (χ1n) is 2.52. The zero-order valence-corrected chi connectivity index (χ0v) is 8.08. The second-order valence-corrected chi connectivity index (χ2v) is 1.43. The Morgan fingerprint density at radius 3 is 2.29 bits per heavy atom. The van der Waals surface area contributed by atoms with Gasteiger partial charge in [-0.25, -0.2) is 0 Å². The summed E-state index contributed by atoms with van der Waals surface area (Å²) in [5, 5.41) is 0. The molecule has 0 heterocycles. The van der Waals surface area contributed by atoms with Crippen LogP contribution in [-0.2, 0) is 19.5 Å². The van der Waals surface area contributed by atoms with Crippen molar-refractivity contribution in [3.63, 3.8) is 0 Å². The summed E-state index contributed by atoms with van der Waals surface area (Å²) >= 11 is 0. The van der Waals surface area contributed by atoms with E-state index in [-0.39, 0.29) is 19.5 Å². The van der Waals surface area contributed by atoms with Gasteiger partial charge in [0.25, 0.3) is 0 Å². The Kier molecular flexibility index (Phi) is 14.2. The average Bonchev–Trinajstić information content (AvgIpc) is 1.61. The maximum absolute atomic E-state index is 3.60. The van der Waals surface area contributed by atoms with Gasteiger partial charge in [-0.2, -0.15) is 0 Å². The fourth-order valence-electron chi connectivity index (χ4n) is 0.348. The fourth-order valence-corrected chi connectivity index (χ4v) is 0.348. The standard InChI is InChI=1S/C6H12.Zn/c1-3-5-6-4-2;/h3H,1,4-6H2,2H3;. The molecule has 0 saturated heterocycles. The van der Waals surface area contributed by atoms with Crippen molar-refractivity contribution in [1.29, 1.82) is 0 Å². The molecule has 0 bridgehead atoms. The molecule has 0 aromatic heterocycles. The second-order valence-electron chi connectivity index (χ2n) is 1.43. The molecule has 0 aliphatic carbocycles. The van der Waals surface area contributed by atoms with Crippen LogP contribution in [0.2, 0.25) is 0 Å². The van der Waals surface area contributed by atoms with Crippen LogP contribution < -0.4 is 0 Å². The molecule has 0 nitrogen and oxygen atoms in total. The predicted octanol–water partition coefficient (Wildman–Crippen LogP) is 2.36. The minimum Gasteiger partial charge on any atom is -0.103 e. The molecule has 0 spiro atoms. The quantitative estimate of drug-likeness (QED) is 0.328. The van der Waals surface area contributed by atoms with Crippen molar-refractivity contribution >= 4 is 0 Å². The predicted molar refractivity (Wildman–Crippen MR) is 29.7 cm³/mol. The van der Waals surface area contributed by atoms with Crippen LogP contribution in [0.1, 0.15) is 26.2 Å². The van der Waals surface area contributed by atoms with Gasteiger partial charge in [-0.15, -0.1) is 6.58 Å². The van der Waals surface area contributed by atoms with Crippen molar-refractivity contribution in [2.24, 2.45) is 0 Å². The van der Waals surface area contributed by atoms with Gasteiger partial charge in [0, 0.05) is 19.5 Å². The summed E-state index contributed by atoms with van der Waals surface area (Å²) in [6, 6.07) is 0. The summed E-state index contributed by atoms with van der Waals surface area (Å²) in [7, 11) is 0. The van der Waals surface area contributed by atoms with Crippen molar-refractivity contribution < 1.29 is 19.5 Å². The van der Waals surface area contributed by atoms with Crippen LogP contribution >= 0.6 is 0 Å². The van der Waals surface area contributed by atoms with Crippen molar-refractivity contribution in [3.8, 4) is 0 Å². The molecule has 0 fully saturated rings. The minimum absolute atomic E-state index is 0. The van der Waals surface area contributed by atoms with E-state index in [0.717, 1.165) is 0 Å². The first-order valence-corrected chi connectivity index (χ1v) is 2.52. The maximum Gasteiger partial charge on any atom is 0 e. The van der Waals surface area contributed by atoms with Gasteiger partial charge in [-0.05, 0) is 6.42 Å². The Morgan fingerprint density at radius 1 is 1.57 bits per heavy atom. The van der Waals surface area contributed by atoms with E-state index in [2.05, 4.69) is 13.5 Å². The molecule has 0 N–H and O–H groups in total. The van der Waals surface area contributed by atoms with Gasteiger partial charge in [-0.1, -0.05) is 25.8 Å². The van der Waals surface area contributed by atoms with E-state index in [1.165, 1.54) is 19.3 Å². The van der Waals surface area contributed by atoms with Crippen molar-refractivity contribution in [3.05, 3.63) is 12.7 Å². The third kappa shape index (κ3) is 10.7. The van der Waals surface area contributed by atoms with Crippen LogP contribution in [0.3, 0.4) is 0 Å². The summed E-state index contributed by atoms with van der Waals surface area (Å²) in [5.41, 5.74) is 0. The van der Waals surface area contributed by atoms with Crippen molar-refractivity contribution in [2.75, 3.05) is 0 Å². The molecular formula is C6H12Zn. The van der Waals surface area contributed by atoms with Crippen molar-refractivity contribution in [2.45, 2.75) is 26.2 Å². The SMILES string of the molecule is C=CCCCC.[Zn]. The summed E-state index contributed by atoms with van der Waals surface area (Å²) in [6.07, 6.45) is 5.72. The van der Waals surface area contributed by atoms with Gasteiger partial charge in [0.2, 0.25) is 0 Å². The average molecular weight is 150 g/mol. The van der Waals surface area contributed by atoms with E-state index in [1.807, 2.05) is 6.08 Å². The molecule has 0 aromatic carbocycles. The molecule has 0 saturated carbocycles. The Balaban J connectivity index is 0. The molecule has 38 valence electrons. The number of allylic oxidation sites excluding steroid dienone is 1. The van der Waals surface area contributed by atoms with Crippen LogP contribution in [0.4, 0.5) is 0 Å². The van der Waals surface area contributed by atoms with Crippen LogP contribution in [0.5, 0.6) is 0 Å². The van der Waals surface area contributed by atoms with Gasteiger partial charge in [0.1, 0.15) is 0 Å². The molecule has 0 aromatic rings. The third-order valence-electron chi connectivity index (χ3n) is 0.762. The smallest absolute Gasteiger partial charge is 0 e. The van der Waals surface area contributed by atoms with Crippen molar-refractivity contribution in [1.82, 2.24) is 0 Å². The zero-order valence-electron chi connectivity index (χ0n) is 5.11. The van der Waals surface area contributed by atoms with E-state index in [0.29, 0.717) is 0 Å². The molecule has 7 heavy (non-hydrogen) atoms. The van der Waals surface area contributed by atoms with Gasteiger partial charge < -0.3 is 0 Å². The first-order chi connectivity index (χ1) is 2.91. The maximum atomic E-state index is 3.60. The van der Waals surface area contributed by atoms with Crippen LogP contribution in [0.25, 0.3) is 0 Å². The molecule has 0 aliphatic heterocycles. The second kappa shape index (κ2) is 9.61. The number of hydrogen-bond donors (Lipinski definition) is 0. The van der Waals surface area contributed by atoms with E-state index in [9.17, 15) is 0 Å². The number of unbranched alkanes of at least 4 members (excludes halogenated alkanes) is 2. The van der Waals surface area contributed by atoms with Crippen LogP contribution in [0.15, 0.2) is 12.7 Å². The number of rotatable bonds is 3. The zero-order chi connectivity index (χ0) is 4.83. The molecule has 0 amide bonds. The van der Waals surface area contributed by atoms with E-state index in [4.69, 9.17) is 0 Å².